The molecule has 0 aromatic heterocycles. The van der Waals surface area contributed by atoms with Gasteiger partial charge in [0.2, 0.25) is 0 Å². The molecule has 1 radical (unpaired) electrons. The van der Waals surface area contributed by atoms with Crippen LogP contribution >= 0.6 is 0 Å². The summed E-state index contributed by atoms with van der Waals surface area (Å²) in [5, 5.41) is 16.3. The summed E-state index contributed by atoms with van der Waals surface area (Å²) in [4.78, 5) is 3.20. The van der Waals surface area contributed by atoms with Crippen LogP contribution in [0.3, 0.4) is 0 Å². The zero-order valence-electron chi connectivity index (χ0n) is 2.42. The topological polar surface area (TPSA) is 49.4 Å². The van der Waals surface area contributed by atoms with Crippen LogP contribution in [0, 0.1) is 0 Å². The van der Waals surface area contributed by atoms with Crippen LogP contribution in [0.1, 0.15) is 0 Å². The van der Waals surface area contributed by atoms with E-state index in [2.05, 4.69) is 4.89 Å². The van der Waals surface area contributed by atoms with Gasteiger partial charge in [0.25, 0.3) is 0 Å². The van der Waals surface area contributed by atoms with Crippen molar-refractivity contribution in [3.8, 4) is 0 Å². The standard InChI is InChI=1S/C2H3O3/c3-1-2-5-4/h1-2,4H. The van der Waals surface area contributed by atoms with E-state index in [9.17, 15) is 0 Å². The van der Waals surface area contributed by atoms with E-state index >= 15 is 0 Å². The highest BCUT2D eigenvalue weighted by atomic mass is 17.1. The summed E-state index contributed by atoms with van der Waals surface area (Å²) in [6, 6.07) is 0. The Morgan fingerprint density at radius 3 is 2.40 bits per heavy atom. The Morgan fingerprint density at radius 2 is 2.40 bits per heavy atom. The van der Waals surface area contributed by atoms with Crippen LogP contribution in [-0.2, 0) is 9.99 Å². The molecule has 0 fully saturated rings. The molecule has 29 valence electrons. The molecule has 1 N–H and O–H groups in total. The maximum absolute atomic E-state index is 9.06. The van der Waals surface area contributed by atoms with Crippen molar-refractivity contribution in [1.82, 2.24) is 0 Å². The molecule has 0 saturated heterocycles. The first-order valence-electron chi connectivity index (χ1n) is 0.987. The highest BCUT2D eigenvalue weighted by Gasteiger charge is 1.54. The lowest BCUT2D eigenvalue weighted by Crippen LogP contribution is -1.60. The lowest BCUT2D eigenvalue weighted by Gasteiger charge is -1.70. The van der Waals surface area contributed by atoms with E-state index in [0.717, 1.165) is 0 Å². The molecule has 0 atom stereocenters. The molecule has 0 unspecified atom stereocenters. The summed E-state index contributed by atoms with van der Waals surface area (Å²) >= 11 is 0. The second kappa shape index (κ2) is 3.30. The zero-order chi connectivity index (χ0) is 4.12. The molecule has 3 heteroatoms. The van der Waals surface area contributed by atoms with Crippen molar-refractivity contribution in [2.24, 2.45) is 0 Å². The van der Waals surface area contributed by atoms with Crippen LogP contribution in [0.5, 0.6) is 0 Å². The van der Waals surface area contributed by atoms with Crippen molar-refractivity contribution >= 4 is 0 Å². The van der Waals surface area contributed by atoms with Crippen molar-refractivity contribution in [3.63, 3.8) is 0 Å². The van der Waals surface area contributed by atoms with Gasteiger partial charge in [0, 0.05) is 0 Å². The highest BCUT2D eigenvalue weighted by molar-refractivity contribution is 4.51. The van der Waals surface area contributed by atoms with Crippen molar-refractivity contribution in [1.29, 1.82) is 0 Å². The van der Waals surface area contributed by atoms with E-state index < -0.39 is 0 Å². The van der Waals surface area contributed by atoms with Crippen molar-refractivity contribution < 1.29 is 15.3 Å². The van der Waals surface area contributed by atoms with Gasteiger partial charge in [0.05, 0.1) is 0 Å². The summed E-state index contributed by atoms with van der Waals surface area (Å²) in [6.07, 6.45) is 0.958. The Kier molecular flexibility index (Phi) is 2.84. The first-order chi connectivity index (χ1) is 2.41. The van der Waals surface area contributed by atoms with Crippen molar-refractivity contribution in [2.75, 3.05) is 0 Å². The third kappa shape index (κ3) is 3.30. The Labute approximate surface area is 29.0 Å². The Morgan fingerprint density at radius 1 is 1.80 bits per heavy atom. The fraction of sp³-hybridized carbons (Fsp3) is 0. The third-order valence-corrected chi connectivity index (χ3v) is 0.116. The van der Waals surface area contributed by atoms with E-state index in [0.29, 0.717) is 12.5 Å². The van der Waals surface area contributed by atoms with Crippen LogP contribution in [0.4, 0.5) is 0 Å². The lowest BCUT2D eigenvalue weighted by molar-refractivity contribution is -0.188. The molecule has 0 aliphatic heterocycles. The lowest BCUT2D eigenvalue weighted by atomic mass is 11.1. The molecular weight excluding hydrogens is 72.0 g/mol. The zero-order valence-corrected chi connectivity index (χ0v) is 2.42. The normalized spacial score (nSPS) is 9.00. The summed E-state index contributed by atoms with van der Waals surface area (Å²) in [7, 11) is 0. The minimum atomic E-state index is 0.333. The minimum absolute atomic E-state index is 0.333. The second-order valence-corrected chi connectivity index (χ2v) is 0.378. The van der Waals surface area contributed by atoms with Gasteiger partial charge in [-0.05, 0) is 0 Å². The largest absolute Gasteiger partial charge is 0.345 e. The second-order valence-electron chi connectivity index (χ2n) is 0.378. The Bertz CT molecular complexity index is 31.9. The molecule has 0 aromatic carbocycles. The summed E-state index contributed by atoms with van der Waals surface area (Å²) in [5.41, 5.74) is 0. The van der Waals surface area contributed by atoms with E-state index in [1.54, 1.807) is 0 Å². The maximum Gasteiger partial charge on any atom is 0.181 e. The predicted octanol–water partition coefficient (Wildman–Crippen LogP) is 0.378. The summed E-state index contributed by atoms with van der Waals surface area (Å²) < 4.78 is 0. The molecule has 0 aliphatic rings. The van der Waals surface area contributed by atoms with Gasteiger partial charge < -0.3 is 4.89 Å². The molecule has 0 bridgehead atoms. The molecule has 0 spiro atoms. The van der Waals surface area contributed by atoms with Crippen molar-refractivity contribution in [2.45, 2.75) is 0 Å². The van der Waals surface area contributed by atoms with E-state index in [-0.39, 0.29) is 0 Å². The predicted molar refractivity (Wildman–Crippen MR) is 13.5 cm³/mol. The highest BCUT2D eigenvalue weighted by Crippen LogP contribution is 1.61. The first-order valence-corrected chi connectivity index (χ1v) is 0.987. The van der Waals surface area contributed by atoms with E-state index in [4.69, 9.17) is 10.4 Å². The van der Waals surface area contributed by atoms with Crippen LogP contribution < -0.4 is 0 Å². The number of hydrogen-bond donors (Lipinski definition) is 1. The molecule has 0 saturated carbocycles. The molecule has 0 rings (SSSR count). The Hall–Kier alpha value is -0.700. The molecule has 0 amide bonds. The van der Waals surface area contributed by atoms with Gasteiger partial charge in [0.1, 0.15) is 0 Å². The average Bonchev–Trinajstić information content (AvgIpc) is 1.41. The number of rotatable bonds is 1. The quantitative estimate of drug-likeness (QED) is 0.278. The fourth-order valence-corrected chi connectivity index (χ4v) is 0.0248. The molecule has 5 heavy (non-hydrogen) atoms. The van der Waals surface area contributed by atoms with Gasteiger partial charge in [-0.3, -0.25) is 5.11 Å². The SMILES string of the molecule is [O]C=COO. The van der Waals surface area contributed by atoms with Gasteiger partial charge >= 0.3 is 0 Å². The number of hydrogen-bond acceptors (Lipinski definition) is 2. The summed E-state index contributed by atoms with van der Waals surface area (Å²) in [6.45, 7) is 0. The van der Waals surface area contributed by atoms with Crippen molar-refractivity contribution in [3.05, 3.63) is 12.5 Å². The minimum Gasteiger partial charge on any atom is -0.345 e. The van der Waals surface area contributed by atoms with E-state index in [1.165, 1.54) is 0 Å². The monoisotopic (exact) mass is 75.0 g/mol. The molecule has 0 heterocycles. The van der Waals surface area contributed by atoms with Crippen LogP contribution in [0.15, 0.2) is 12.5 Å². The van der Waals surface area contributed by atoms with Crippen LogP contribution in [0.25, 0.3) is 0 Å². The van der Waals surface area contributed by atoms with Gasteiger partial charge in [-0.15, -0.1) is 0 Å². The average molecular weight is 75.0 g/mol. The van der Waals surface area contributed by atoms with Gasteiger partial charge in [-0.2, -0.15) is 0 Å². The molecule has 0 aromatic rings. The maximum atomic E-state index is 9.06. The summed E-state index contributed by atoms with van der Waals surface area (Å²) in [5.74, 6) is 0. The molecule has 0 aliphatic carbocycles. The molecular formula is C2H3O3. The Balaban J connectivity index is 2.62. The van der Waals surface area contributed by atoms with Gasteiger partial charge in [-0.25, -0.2) is 5.26 Å². The third-order valence-electron chi connectivity index (χ3n) is 0.116. The van der Waals surface area contributed by atoms with Crippen LogP contribution in [-0.4, -0.2) is 5.26 Å². The fourth-order valence-electron chi connectivity index (χ4n) is 0.0248. The molecule has 3 nitrogen and oxygen atoms in total. The first kappa shape index (κ1) is 4.30. The van der Waals surface area contributed by atoms with Crippen LogP contribution in [0.2, 0.25) is 0 Å². The van der Waals surface area contributed by atoms with Gasteiger partial charge in [0.15, 0.2) is 12.5 Å². The van der Waals surface area contributed by atoms with Gasteiger partial charge in [-0.1, -0.05) is 0 Å². The van der Waals surface area contributed by atoms with E-state index in [1.807, 2.05) is 0 Å². The smallest absolute Gasteiger partial charge is 0.181 e.